The van der Waals surface area contributed by atoms with Gasteiger partial charge in [0.05, 0.1) is 6.54 Å². The maximum Gasteiger partial charge on any atom is 0.236 e. The second-order valence-electron chi connectivity index (χ2n) is 7.20. The summed E-state index contributed by atoms with van der Waals surface area (Å²) in [6.45, 7) is 16.0. The quantitative estimate of drug-likeness (QED) is 0.775. The molecule has 2 rings (SSSR count). The molecule has 4 nitrogen and oxygen atoms in total. The lowest BCUT2D eigenvalue weighted by Crippen LogP contribution is -2.51. The first-order valence-electron chi connectivity index (χ1n) is 8.75. The average molecular weight is 295 g/mol. The molecule has 0 bridgehead atoms. The van der Waals surface area contributed by atoms with E-state index >= 15 is 0 Å². The van der Waals surface area contributed by atoms with Crippen LogP contribution in [0, 0.1) is 11.8 Å². The SMILES string of the molecule is CCC(C)N1CCN(CC(=O)N2CCC(C(C)C)C2)CC1. The van der Waals surface area contributed by atoms with E-state index in [1.54, 1.807) is 0 Å². The van der Waals surface area contributed by atoms with Crippen LogP contribution in [0.1, 0.15) is 40.5 Å². The van der Waals surface area contributed by atoms with Crippen molar-refractivity contribution in [3.8, 4) is 0 Å². The molecule has 0 spiro atoms. The first kappa shape index (κ1) is 16.8. The molecule has 2 atom stereocenters. The third-order valence-electron chi connectivity index (χ3n) is 5.50. The highest BCUT2D eigenvalue weighted by atomic mass is 16.2. The van der Waals surface area contributed by atoms with Crippen molar-refractivity contribution in [2.24, 2.45) is 11.8 Å². The molecular weight excluding hydrogens is 262 g/mol. The van der Waals surface area contributed by atoms with Crippen LogP contribution in [0.3, 0.4) is 0 Å². The molecule has 2 saturated heterocycles. The lowest BCUT2D eigenvalue weighted by atomic mass is 9.95. The highest BCUT2D eigenvalue weighted by Gasteiger charge is 2.29. The van der Waals surface area contributed by atoms with Crippen LogP contribution >= 0.6 is 0 Å². The summed E-state index contributed by atoms with van der Waals surface area (Å²) in [5.74, 6) is 1.74. The monoisotopic (exact) mass is 295 g/mol. The maximum atomic E-state index is 12.4. The fourth-order valence-corrected chi connectivity index (χ4v) is 3.47. The number of nitrogens with zero attached hydrogens (tertiary/aromatic N) is 3. The van der Waals surface area contributed by atoms with Crippen LogP contribution in [0.4, 0.5) is 0 Å². The standard InChI is InChI=1S/C17H33N3O/c1-5-15(4)19-10-8-18(9-11-19)13-17(21)20-7-6-16(12-20)14(2)3/h14-16H,5-13H2,1-4H3. The lowest BCUT2D eigenvalue weighted by molar-refractivity contribution is -0.132. The second-order valence-corrected chi connectivity index (χ2v) is 7.20. The third kappa shape index (κ3) is 4.43. The summed E-state index contributed by atoms with van der Waals surface area (Å²) in [5, 5.41) is 0. The summed E-state index contributed by atoms with van der Waals surface area (Å²) in [5.41, 5.74) is 0. The number of likely N-dealkylation sites (tertiary alicyclic amines) is 1. The van der Waals surface area contributed by atoms with E-state index in [9.17, 15) is 4.79 Å². The Balaban J connectivity index is 1.72. The number of carbonyl (C=O) groups excluding carboxylic acids is 1. The molecular formula is C17H33N3O. The molecule has 21 heavy (non-hydrogen) atoms. The third-order valence-corrected chi connectivity index (χ3v) is 5.50. The summed E-state index contributed by atoms with van der Waals surface area (Å²) >= 11 is 0. The first-order valence-corrected chi connectivity index (χ1v) is 8.75. The number of hydrogen-bond donors (Lipinski definition) is 0. The van der Waals surface area contributed by atoms with Crippen LogP contribution in [0.2, 0.25) is 0 Å². The summed E-state index contributed by atoms with van der Waals surface area (Å²) in [6.07, 6.45) is 2.40. The highest BCUT2D eigenvalue weighted by Crippen LogP contribution is 2.23. The summed E-state index contributed by atoms with van der Waals surface area (Å²) in [6, 6.07) is 0.674. The molecule has 2 heterocycles. The van der Waals surface area contributed by atoms with E-state index in [-0.39, 0.29) is 0 Å². The lowest BCUT2D eigenvalue weighted by Gasteiger charge is -2.38. The second kappa shape index (κ2) is 7.59. The Hall–Kier alpha value is -0.610. The average Bonchev–Trinajstić information content (AvgIpc) is 2.97. The van der Waals surface area contributed by atoms with Gasteiger partial charge in [0.2, 0.25) is 5.91 Å². The minimum absolute atomic E-state index is 0.343. The summed E-state index contributed by atoms with van der Waals surface area (Å²) in [7, 11) is 0. The normalized spacial score (nSPS) is 26.5. The van der Waals surface area contributed by atoms with Gasteiger partial charge in [-0.15, -0.1) is 0 Å². The van der Waals surface area contributed by atoms with Crippen LogP contribution in [0.25, 0.3) is 0 Å². The van der Waals surface area contributed by atoms with Crippen molar-refractivity contribution in [2.75, 3.05) is 45.8 Å². The molecule has 2 aliphatic rings. The van der Waals surface area contributed by atoms with Crippen molar-refractivity contribution in [1.29, 1.82) is 0 Å². The van der Waals surface area contributed by atoms with E-state index in [0.29, 0.717) is 30.3 Å². The van der Waals surface area contributed by atoms with Gasteiger partial charge in [-0.1, -0.05) is 20.8 Å². The van der Waals surface area contributed by atoms with Crippen molar-refractivity contribution in [3.63, 3.8) is 0 Å². The molecule has 0 aromatic heterocycles. The van der Waals surface area contributed by atoms with Gasteiger partial charge in [0, 0.05) is 45.3 Å². The first-order chi connectivity index (χ1) is 10.0. The van der Waals surface area contributed by atoms with E-state index in [0.717, 1.165) is 39.3 Å². The van der Waals surface area contributed by atoms with E-state index in [1.165, 1.54) is 12.8 Å². The van der Waals surface area contributed by atoms with Gasteiger partial charge in [0.25, 0.3) is 0 Å². The smallest absolute Gasteiger partial charge is 0.236 e. The van der Waals surface area contributed by atoms with E-state index < -0.39 is 0 Å². The van der Waals surface area contributed by atoms with Crippen LogP contribution in [-0.4, -0.2) is 72.5 Å². The topological polar surface area (TPSA) is 26.8 Å². The van der Waals surface area contributed by atoms with Crippen molar-refractivity contribution >= 4 is 5.91 Å². The van der Waals surface area contributed by atoms with Crippen molar-refractivity contribution in [3.05, 3.63) is 0 Å². The zero-order chi connectivity index (χ0) is 15.4. The molecule has 122 valence electrons. The Kier molecular flexibility index (Phi) is 6.06. The van der Waals surface area contributed by atoms with E-state index in [2.05, 4.69) is 42.4 Å². The van der Waals surface area contributed by atoms with Crippen LogP contribution in [-0.2, 0) is 4.79 Å². The van der Waals surface area contributed by atoms with Crippen LogP contribution in [0.5, 0.6) is 0 Å². The fourth-order valence-electron chi connectivity index (χ4n) is 3.47. The minimum Gasteiger partial charge on any atom is -0.341 e. The van der Waals surface area contributed by atoms with Gasteiger partial charge in [-0.05, 0) is 31.6 Å². The summed E-state index contributed by atoms with van der Waals surface area (Å²) < 4.78 is 0. The molecule has 0 saturated carbocycles. The predicted octanol–water partition coefficient (Wildman–Crippen LogP) is 1.91. The number of hydrogen-bond acceptors (Lipinski definition) is 3. The van der Waals surface area contributed by atoms with Gasteiger partial charge >= 0.3 is 0 Å². The van der Waals surface area contributed by atoms with Gasteiger partial charge in [-0.2, -0.15) is 0 Å². The van der Waals surface area contributed by atoms with Gasteiger partial charge in [0.1, 0.15) is 0 Å². The zero-order valence-corrected chi connectivity index (χ0v) is 14.3. The number of carbonyl (C=O) groups is 1. The van der Waals surface area contributed by atoms with Gasteiger partial charge in [-0.3, -0.25) is 14.6 Å². The molecule has 2 aliphatic heterocycles. The van der Waals surface area contributed by atoms with Gasteiger partial charge in [0.15, 0.2) is 0 Å². The van der Waals surface area contributed by atoms with Gasteiger partial charge < -0.3 is 4.90 Å². The molecule has 4 heteroatoms. The number of piperazine rings is 1. The zero-order valence-electron chi connectivity index (χ0n) is 14.3. The molecule has 2 unspecified atom stereocenters. The Morgan fingerprint density at radius 3 is 2.29 bits per heavy atom. The molecule has 0 aromatic carbocycles. The predicted molar refractivity (Wildman–Crippen MR) is 87.3 cm³/mol. The Labute approximate surface area is 130 Å². The molecule has 1 amide bonds. The van der Waals surface area contributed by atoms with Crippen molar-refractivity contribution < 1.29 is 4.79 Å². The number of rotatable bonds is 5. The number of amides is 1. The van der Waals surface area contributed by atoms with E-state index in [1.807, 2.05) is 0 Å². The minimum atomic E-state index is 0.343. The molecule has 0 radical (unpaired) electrons. The molecule has 0 N–H and O–H groups in total. The van der Waals surface area contributed by atoms with Crippen LogP contribution in [0.15, 0.2) is 0 Å². The largest absolute Gasteiger partial charge is 0.341 e. The van der Waals surface area contributed by atoms with Crippen LogP contribution < -0.4 is 0 Å². The summed E-state index contributed by atoms with van der Waals surface area (Å²) in [4.78, 5) is 19.4. The maximum absolute atomic E-state index is 12.4. The molecule has 0 aliphatic carbocycles. The molecule has 0 aromatic rings. The Bertz CT molecular complexity index is 337. The van der Waals surface area contributed by atoms with Crippen molar-refractivity contribution in [1.82, 2.24) is 14.7 Å². The Morgan fingerprint density at radius 1 is 1.10 bits per heavy atom. The fraction of sp³-hybridized carbons (Fsp3) is 0.941. The Morgan fingerprint density at radius 2 is 1.76 bits per heavy atom. The van der Waals surface area contributed by atoms with Gasteiger partial charge in [-0.25, -0.2) is 0 Å². The van der Waals surface area contributed by atoms with Crippen molar-refractivity contribution in [2.45, 2.75) is 46.6 Å². The van der Waals surface area contributed by atoms with E-state index in [4.69, 9.17) is 0 Å². The molecule has 2 fully saturated rings. The highest BCUT2D eigenvalue weighted by molar-refractivity contribution is 5.78.